The molecule has 0 aliphatic rings. The first-order valence-corrected chi connectivity index (χ1v) is 13.7. The Morgan fingerprint density at radius 3 is 2.24 bits per heavy atom. The Labute approximate surface area is 231 Å². The minimum absolute atomic E-state index is 0.0487. The molecule has 4 heteroatoms. The number of aryl methyl sites for hydroxylation is 1. The second kappa shape index (κ2) is 14.7. The monoisotopic (exact) mass is 519 g/mol. The lowest BCUT2D eigenvalue weighted by Gasteiger charge is -2.21. The zero-order valence-electron chi connectivity index (χ0n) is 25.6. The molecule has 1 aromatic carbocycles. The van der Waals surface area contributed by atoms with Crippen molar-refractivity contribution in [2.45, 2.75) is 94.1 Å². The van der Waals surface area contributed by atoms with Crippen LogP contribution in [0.3, 0.4) is 0 Å². The average molecular weight is 520 g/mol. The molecule has 0 heterocycles. The van der Waals surface area contributed by atoms with Crippen molar-refractivity contribution in [1.82, 2.24) is 5.32 Å². The molecule has 0 fully saturated rings. The maximum absolute atomic E-state index is 13.4. The predicted molar refractivity (Wildman–Crippen MR) is 162 cm³/mol. The Hall–Kier alpha value is -3.14. The number of ether oxygens (including phenoxy) is 1. The number of nitrogens with one attached hydrogen (secondary N) is 1. The lowest BCUT2D eigenvalue weighted by Crippen LogP contribution is -2.24. The van der Waals surface area contributed by atoms with Crippen molar-refractivity contribution in [1.29, 1.82) is 0 Å². The molecule has 0 aliphatic heterocycles. The molecule has 208 valence electrons. The smallest absolute Gasteiger partial charge is 0.338 e. The number of likely N-dealkylation sites (N-methyl/N-ethyl adjacent to an activating group) is 1. The molecule has 4 nitrogen and oxygen atoms in total. The van der Waals surface area contributed by atoms with Crippen LogP contribution in [-0.4, -0.2) is 24.4 Å². The Morgan fingerprint density at radius 1 is 1.11 bits per heavy atom. The number of hydrogen-bond acceptors (Lipinski definition) is 4. The molecule has 0 aliphatic carbocycles. The van der Waals surface area contributed by atoms with E-state index in [4.69, 9.17) is 4.74 Å². The van der Waals surface area contributed by atoms with Gasteiger partial charge >= 0.3 is 5.97 Å². The van der Waals surface area contributed by atoms with E-state index in [2.05, 4.69) is 38.7 Å². The van der Waals surface area contributed by atoms with Gasteiger partial charge in [-0.3, -0.25) is 4.79 Å². The third-order valence-corrected chi connectivity index (χ3v) is 6.45. The molecule has 0 unspecified atom stereocenters. The van der Waals surface area contributed by atoms with E-state index in [1.165, 1.54) is 0 Å². The molecule has 1 rings (SSSR count). The summed E-state index contributed by atoms with van der Waals surface area (Å²) in [7, 11) is 1.88. The second-order valence-electron chi connectivity index (χ2n) is 11.1. The van der Waals surface area contributed by atoms with E-state index in [1.54, 1.807) is 0 Å². The number of carbonyl (C=O) groups is 2. The molecule has 1 N–H and O–H groups in total. The van der Waals surface area contributed by atoms with Crippen LogP contribution in [0.1, 0.15) is 91.8 Å². The van der Waals surface area contributed by atoms with Crippen molar-refractivity contribution >= 4 is 17.3 Å². The first-order valence-electron chi connectivity index (χ1n) is 13.7. The number of rotatable bonds is 12. The molecule has 0 radical (unpaired) electrons. The summed E-state index contributed by atoms with van der Waals surface area (Å²) in [6, 6.07) is 6.05. The predicted octanol–water partition coefficient (Wildman–Crippen LogP) is 8.23. The number of hydrogen-bond donors (Lipinski definition) is 1. The summed E-state index contributed by atoms with van der Waals surface area (Å²) in [6.07, 6.45) is 7.88. The number of carbonyl (C=O) groups excluding carboxylic acids is 2. The summed E-state index contributed by atoms with van der Waals surface area (Å²) in [4.78, 5) is 26.2. The first-order chi connectivity index (χ1) is 17.7. The minimum atomic E-state index is -0.634. The van der Waals surface area contributed by atoms with Gasteiger partial charge in [-0.15, -0.1) is 0 Å². The largest absolute Gasteiger partial charge is 0.456 e. The zero-order valence-corrected chi connectivity index (χ0v) is 25.6. The Bertz CT molecular complexity index is 1150. The Morgan fingerprint density at radius 2 is 1.74 bits per heavy atom. The number of ketones is 1. The molecule has 38 heavy (non-hydrogen) atoms. The Balaban J connectivity index is 3.85. The molecule has 0 spiro atoms. The number of esters is 1. The van der Waals surface area contributed by atoms with E-state index in [9.17, 15) is 9.59 Å². The van der Waals surface area contributed by atoms with Crippen LogP contribution in [0.4, 0.5) is 0 Å². The standard InChI is InChI=1S/C34H49NO3/c1-13-16-31(35-12)25(7)19-27(33(37)38-34(9,10)11)20-29(23(5)14-2)26(8)28-18-15-17-24(6)30(28)21-32(36)22(3)4/h15-20,22,35H,8,13-14,21H2,1-7,9-12H3/b25-19+,27-20+,29-23-,31-16-. The fourth-order valence-corrected chi connectivity index (χ4v) is 4.03. The molecule has 0 saturated carbocycles. The number of benzene rings is 1. The average Bonchev–Trinajstić information content (AvgIpc) is 2.83. The normalized spacial score (nSPS) is 13.8. The maximum Gasteiger partial charge on any atom is 0.338 e. The minimum Gasteiger partial charge on any atom is -0.456 e. The van der Waals surface area contributed by atoms with Crippen molar-refractivity contribution in [2.24, 2.45) is 5.92 Å². The van der Waals surface area contributed by atoms with Crippen LogP contribution in [0, 0.1) is 12.8 Å². The molecule has 0 saturated heterocycles. The fourth-order valence-electron chi connectivity index (χ4n) is 4.03. The van der Waals surface area contributed by atoms with Gasteiger partial charge < -0.3 is 10.1 Å². The van der Waals surface area contributed by atoms with Crippen LogP contribution in [0.25, 0.3) is 5.57 Å². The lowest BCUT2D eigenvalue weighted by atomic mass is 9.86. The van der Waals surface area contributed by atoms with Gasteiger partial charge in [-0.25, -0.2) is 4.79 Å². The van der Waals surface area contributed by atoms with Crippen LogP contribution in [0.15, 0.2) is 71.0 Å². The van der Waals surface area contributed by atoms with Gasteiger partial charge in [-0.2, -0.15) is 0 Å². The van der Waals surface area contributed by atoms with Crippen molar-refractivity contribution in [2.75, 3.05) is 7.05 Å². The summed E-state index contributed by atoms with van der Waals surface area (Å²) >= 11 is 0. The van der Waals surface area contributed by atoms with Crippen LogP contribution in [0.5, 0.6) is 0 Å². The van der Waals surface area contributed by atoms with E-state index >= 15 is 0 Å². The van der Waals surface area contributed by atoms with Gasteiger partial charge in [0.05, 0.1) is 5.57 Å². The van der Waals surface area contributed by atoms with Crippen molar-refractivity contribution in [3.05, 3.63) is 87.7 Å². The SMILES string of the molecule is C=C(C(/C=C(\C=C(C)\C(=C\CC)NC)C(=O)OC(C)(C)C)=C(/C)CC)c1cccc(C)c1CC(=O)C(C)C. The van der Waals surface area contributed by atoms with Gasteiger partial charge in [-0.05, 0) is 99.9 Å². The van der Waals surface area contributed by atoms with Gasteiger partial charge in [-0.1, -0.05) is 64.1 Å². The van der Waals surface area contributed by atoms with Crippen LogP contribution >= 0.6 is 0 Å². The summed E-state index contributed by atoms with van der Waals surface area (Å²) in [5.74, 6) is -0.248. The highest BCUT2D eigenvalue weighted by Crippen LogP contribution is 2.32. The van der Waals surface area contributed by atoms with E-state index in [0.717, 1.165) is 57.5 Å². The van der Waals surface area contributed by atoms with Crippen LogP contribution in [0.2, 0.25) is 0 Å². The molecule has 1 aromatic rings. The molecule has 0 atom stereocenters. The van der Waals surface area contributed by atoms with Gasteiger partial charge in [0, 0.05) is 25.1 Å². The third-order valence-electron chi connectivity index (χ3n) is 6.45. The maximum atomic E-state index is 13.4. The number of allylic oxidation sites excluding steroid dienone is 6. The highest BCUT2D eigenvalue weighted by Gasteiger charge is 2.22. The van der Waals surface area contributed by atoms with Crippen LogP contribution in [-0.2, 0) is 20.7 Å². The van der Waals surface area contributed by atoms with E-state index in [-0.39, 0.29) is 11.7 Å². The summed E-state index contributed by atoms with van der Waals surface area (Å²) in [6.45, 7) is 24.2. The fraction of sp³-hybridized carbons (Fsp3) is 0.471. The van der Waals surface area contributed by atoms with E-state index in [0.29, 0.717) is 12.0 Å². The van der Waals surface area contributed by atoms with Crippen molar-refractivity contribution in [3.63, 3.8) is 0 Å². The zero-order chi connectivity index (χ0) is 29.2. The van der Waals surface area contributed by atoms with Crippen molar-refractivity contribution in [3.8, 4) is 0 Å². The molecular weight excluding hydrogens is 470 g/mol. The van der Waals surface area contributed by atoms with Gasteiger partial charge in [0.2, 0.25) is 0 Å². The third kappa shape index (κ3) is 9.63. The van der Waals surface area contributed by atoms with Gasteiger partial charge in [0.15, 0.2) is 0 Å². The molecule has 0 aromatic heterocycles. The van der Waals surface area contributed by atoms with E-state index in [1.807, 2.05) is 85.9 Å². The van der Waals surface area contributed by atoms with Crippen molar-refractivity contribution < 1.29 is 14.3 Å². The van der Waals surface area contributed by atoms with Crippen LogP contribution < -0.4 is 5.32 Å². The number of Topliss-reactive ketones (excluding diaryl/α,β-unsaturated/α-hetero) is 1. The lowest BCUT2D eigenvalue weighted by molar-refractivity contribution is -0.149. The second-order valence-corrected chi connectivity index (χ2v) is 11.1. The summed E-state index contributed by atoms with van der Waals surface area (Å²) in [5.41, 5.74) is 7.47. The van der Waals surface area contributed by atoms with E-state index < -0.39 is 11.6 Å². The quantitative estimate of drug-likeness (QED) is 0.172. The van der Waals surface area contributed by atoms with Gasteiger partial charge in [0.1, 0.15) is 11.4 Å². The summed E-state index contributed by atoms with van der Waals surface area (Å²) in [5, 5.41) is 3.22. The summed E-state index contributed by atoms with van der Waals surface area (Å²) < 4.78 is 5.81. The van der Waals surface area contributed by atoms with Gasteiger partial charge in [0.25, 0.3) is 0 Å². The highest BCUT2D eigenvalue weighted by atomic mass is 16.6. The topological polar surface area (TPSA) is 55.4 Å². The highest BCUT2D eigenvalue weighted by molar-refractivity contribution is 5.95. The molecule has 0 bridgehead atoms. The molecular formula is C34H49NO3. The first kappa shape index (κ1) is 32.9. The Kier molecular flexibility index (Phi) is 12.7. The molecule has 0 amide bonds.